The van der Waals surface area contributed by atoms with Gasteiger partial charge in [0, 0.05) is 49.9 Å². The predicted octanol–water partition coefficient (Wildman–Crippen LogP) is 16.0. The van der Waals surface area contributed by atoms with Crippen molar-refractivity contribution in [2.75, 3.05) is 13.2 Å². The average Bonchev–Trinajstić information content (AvgIpc) is 3.21. The zero-order valence-electron chi connectivity index (χ0n) is 50.7. The fourth-order valence-electron chi connectivity index (χ4n) is 8.77. The van der Waals surface area contributed by atoms with E-state index in [4.69, 9.17) is 18.9 Å². The smallest absolute Gasteiger partial charge is 0.343 e. The minimum absolute atomic E-state index is 0.0842. The molecule has 0 aliphatic heterocycles. The van der Waals surface area contributed by atoms with Crippen molar-refractivity contribution in [3.63, 3.8) is 0 Å². The molecule has 4 rings (SSSR count). The number of aromatic hydroxyl groups is 2. The van der Waals surface area contributed by atoms with Crippen LogP contribution in [0.25, 0.3) is 0 Å². The van der Waals surface area contributed by atoms with Gasteiger partial charge in [-0.3, -0.25) is 0 Å². The van der Waals surface area contributed by atoms with Crippen LogP contribution in [-0.2, 0) is 52.8 Å². The standard InChI is InChI=1S/C65H92O10/c1-57(2,3)41-27-39(28-42(49(41)66)58(4,5)6)55(70)74-51-45(61(13,14)15)31-37(32-46(51)62(16,17)18)53(68)72-35-65(25,26)36-73-54(69)38-33-47(63(19,20)21)52(48(34-38)64(22,23)24)75-56(71)40-29-43(59(7,8)9)50(67)44(30-40)60(10,11)12/h27-34,66-67H,35-36H2,1-26H3. The van der Waals surface area contributed by atoms with E-state index in [0.29, 0.717) is 67.1 Å². The Labute approximate surface area is 450 Å². The molecule has 0 amide bonds. The van der Waals surface area contributed by atoms with Crippen molar-refractivity contribution in [2.45, 2.75) is 223 Å². The molecule has 10 heteroatoms. The normalized spacial score (nSPS) is 13.4. The maximum Gasteiger partial charge on any atom is 0.343 e. The Morgan fingerprint density at radius 3 is 0.667 bits per heavy atom. The quantitative estimate of drug-likeness (QED) is 0.116. The van der Waals surface area contributed by atoms with Gasteiger partial charge >= 0.3 is 23.9 Å². The SMILES string of the molecule is CC(C)(COC(=O)c1cc(C(C)(C)C)c(OC(=O)c2cc(C(C)(C)C)c(O)c(C(C)(C)C)c2)c(C(C)(C)C)c1)COC(=O)c1cc(C(C)(C)C)c(OC(=O)c2cc(C(C)(C)C)c(O)c(C(C)(C)C)c2)c(C(C)(C)C)c1. The fourth-order valence-corrected chi connectivity index (χ4v) is 8.77. The summed E-state index contributed by atoms with van der Waals surface area (Å²) in [4.78, 5) is 56.9. The Morgan fingerprint density at radius 2 is 0.480 bits per heavy atom. The number of esters is 4. The van der Waals surface area contributed by atoms with Gasteiger partial charge in [0.2, 0.25) is 0 Å². The third kappa shape index (κ3) is 14.9. The molecule has 4 aromatic carbocycles. The van der Waals surface area contributed by atoms with Gasteiger partial charge in [-0.25, -0.2) is 19.2 Å². The molecule has 0 unspecified atom stereocenters. The second kappa shape index (κ2) is 20.7. The number of rotatable bonds is 10. The van der Waals surface area contributed by atoms with Gasteiger partial charge in [-0.1, -0.05) is 180 Å². The third-order valence-corrected chi connectivity index (χ3v) is 13.4. The summed E-state index contributed by atoms with van der Waals surface area (Å²) in [6, 6.07) is 13.7. The summed E-state index contributed by atoms with van der Waals surface area (Å²) in [5, 5.41) is 22.7. The van der Waals surface area contributed by atoms with Crippen LogP contribution in [-0.4, -0.2) is 47.3 Å². The first-order valence-electron chi connectivity index (χ1n) is 26.4. The van der Waals surface area contributed by atoms with Crippen molar-refractivity contribution in [1.82, 2.24) is 0 Å². The van der Waals surface area contributed by atoms with E-state index in [0.717, 1.165) is 0 Å². The van der Waals surface area contributed by atoms with Gasteiger partial charge in [0.15, 0.2) is 0 Å². The molecular formula is C65H92O10. The van der Waals surface area contributed by atoms with Crippen LogP contribution in [0.3, 0.4) is 0 Å². The maximum atomic E-state index is 14.3. The largest absolute Gasteiger partial charge is 0.507 e. The van der Waals surface area contributed by atoms with E-state index >= 15 is 0 Å². The Hall–Kier alpha value is -5.64. The van der Waals surface area contributed by atoms with Gasteiger partial charge in [-0.15, -0.1) is 0 Å². The molecule has 0 fully saturated rings. The summed E-state index contributed by atoms with van der Waals surface area (Å²) in [7, 11) is 0. The van der Waals surface area contributed by atoms with Gasteiger partial charge in [0.25, 0.3) is 0 Å². The minimum Gasteiger partial charge on any atom is -0.507 e. The van der Waals surface area contributed by atoms with Crippen LogP contribution in [0, 0.1) is 5.41 Å². The van der Waals surface area contributed by atoms with Crippen LogP contribution >= 0.6 is 0 Å². The van der Waals surface area contributed by atoms with Gasteiger partial charge in [-0.05, 0) is 91.9 Å². The number of phenols is 2. The van der Waals surface area contributed by atoms with Crippen molar-refractivity contribution in [3.8, 4) is 23.0 Å². The molecule has 0 saturated heterocycles. The summed E-state index contributed by atoms with van der Waals surface area (Å²) in [6.07, 6.45) is 0. The van der Waals surface area contributed by atoms with Crippen LogP contribution in [0.2, 0.25) is 0 Å². The lowest BCUT2D eigenvalue weighted by Crippen LogP contribution is -2.29. The molecule has 75 heavy (non-hydrogen) atoms. The monoisotopic (exact) mass is 1030 g/mol. The number of carbonyl (C=O) groups is 4. The molecule has 0 heterocycles. The first-order chi connectivity index (χ1) is 33.5. The van der Waals surface area contributed by atoms with E-state index in [1.165, 1.54) is 0 Å². The molecule has 0 aliphatic carbocycles. The highest BCUT2D eigenvalue weighted by Gasteiger charge is 2.36. The zero-order valence-corrected chi connectivity index (χ0v) is 50.7. The first-order valence-corrected chi connectivity index (χ1v) is 26.4. The van der Waals surface area contributed by atoms with Crippen LogP contribution in [0.4, 0.5) is 0 Å². The van der Waals surface area contributed by atoms with Crippen LogP contribution in [0.15, 0.2) is 48.5 Å². The molecule has 0 bridgehead atoms. The molecule has 412 valence electrons. The summed E-state index contributed by atoms with van der Waals surface area (Å²) in [5.74, 6) is -1.27. The molecule has 4 aromatic rings. The van der Waals surface area contributed by atoms with Crippen molar-refractivity contribution < 1.29 is 48.3 Å². The molecule has 0 aromatic heterocycles. The molecule has 2 N–H and O–H groups in total. The Morgan fingerprint density at radius 1 is 0.307 bits per heavy atom. The highest BCUT2D eigenvalue weighted by Crippen LogP contribution is 2.46. The van der Waals surface area contributed by atoms with E-state index in [1.54, 1.807) is 48.5 Å². The number of ether oxygens (including phenoxy) is 4. The predicted molar refractivity (Wildman–Crippen MR) is 303 cm³/mol. The maximum absolute atomic E-state index is 14.3. The van der Waals surface area contributed by atoms with Crippen molar-refractivity contribution in [1.29, 1.82) is 0 Å². The zero-order chi connectivity index (χ0) is 57.9. The fraction of sp³-hybridized carbons (Fsp3) is 0.569. The van der Waals surface area contributed by atoms with Gasteiger partial charge < -0.3 is 29.2 Å². The molecule has 0 spiro atoms. The van der Waals surface area contributed by atoms with E-state index in [1.807, 2.05) is 180 Å². The highest BCUT2D eigenvalue weighted by molar-refractivity contribution is 5.95. The lowest BCUT2D eigenvalue weighted by atomic mass is 9.78. The highest BCUT2D eigenvalue weighted by atomic mass is 16.6. The molecule has 0 atom stereocenters. The minimum atomic E-state index is -0.820. The van der Waals surface area contributed by atoms with E-state index in [2.05, 4.69) is 0 Å². The first kappa shape index (κ1) is 61.9. The van der Waals surface area contributed by atoms with Crippen LogP contribution in [0.5, 0.6) is 23.0 Å². The van der Waals surface area contributed by atoms with Gasteiger partial charge in [0.05, 0.1) is 35.5 Å². The Balaban J connectivity index is 1.66. The summed E-state index contributed by atoms with van der Waals surface area (Å²) >= 11 is 0. The molecule has 0 radical (unpaired) electrons. The lowest BCUT2D eigenvalue weighted by molar-refractivity contribution is 0.00611. The lowest BCUT2D eigenvalue weighted by Gasteiger charge is -2.31. The van der Waals surface area contributed by atoms with Crippen molar-refractivity contribution >= 4 is 23.9 Å². The summed E-state index contributed by atoms with van der Waals surface area (Å²) in [5.41, 5.74) is 1.32. The third-order valence-electron chi connectivity index (χ3n) is 13.4. The molecular weight excluding hydrogens is 941 g/mol. The average molecular weight is 1030 g/mol. The summed E-state index contributed by atoms with van der Waals surface area (Å²) in [6.45, 7) is 51.3. The Bertz CT molecular complexity index is 2500. The number of carbonyl (C=O) groups excluding carboxylic acids is 4. The second-order valence-corrected chi connectivity index (χ2v) is 29.7. The second-order valence-electron chi connectivity index (χ2n) is 29.7. The topological polar surface area (TPSA) is 146 Å². The number of hydrogen-bond acceptors (Lipinski definition) is 10. The van der Waals surface area contributed by atoms with Gasteiger partial charge in [-0.2, -0.15) is 0 Å². The van der Waals surface area contributed by atoms with E-state index in [9.17, 15) is 29.4 Å². The van der Waals surface area contributed by atoms with Crippen LogP contribution < -0.4 is 9.47 Å². The molecule has 10 nitrogen and oxygen atoms in total. The molecule has 0 aliphatic rings. The summed E-state index contributed by atoms with van der Waals surface area (Å²) < 4.78 is 24.8. The van der Waals surface area contributed by atoms with E-state index < -0.39 is 72.6 Å². The Kier molecular flexibility index (Phi) is 17.1. The number of benzene rings is 4. The van der Waals surface area contributed by atoms with Gasteiger partial charge in [0.1, 0.15) is 23.0 Å². The van der Waals surface area contributed by atoms with Crippen molar-refractivity contribution in [2.24, 2.45) is 5.41 Å². The molecule has 0 saturated carbocycles. The van der Waals surface area contributed by atoms with Crippen LogP contribution in [0.1, 0.15) is 266 Å². The number of phenolic OH excluding ortho intramolecular Hbond substituents is 2. The number of hydrogen-bond donors (Lipinski definition) is 2. The van der Waals surface area contributed by atoms with Crippen molar-refractivity contribution in [3.05, 3.63) is 115 Å². The van der Waals surface area contributed by atoms with E-state index in [-0.39, 0.29) is 35.8 Å².